The lowest BCUT2D eigenvalue weighted by molar-refractivity contribution is -0.151. The van der Waals surface area contributed by atoms with Crippen molar-refractivity contribution in [2.75, 3.05) is 11.9 Å². The van der Waals surface area contributed by atoms with Crippen LogP contribution in [0.15, 0.2) is 34.8 Å². The van der Waals surface area contributed by atoms with E-state index in [2.05, 4.69) is 21.2 Å². The predicted octanol–water partition coefficient (Wildman–Crippen LogP) is 3.43. The van der Waals surface area contributed by atoms with Crippen molar-refractivity contribution in [2.45, 2.75) is 19.3 Å². The first kappa shape index (κ1) is 15.7. The summed E-state index contributed by atoms with van der Waals surface area (Å²) < 4.78 is 19.1. The number of ether oxygens (including phenoxy) is 1. The number of benzene rings is 1. The molecule has 1 aliphatic rings. The summed E-state index contributed by atoms with van der Waals surface area (Å²) in [4.78, 5) is 23.4. The second kappa shape index (κ2) is 7.36. The first-order valence-corrected chi connectivity index (χ1v) is 7.42. The lowest BCUT2D eigenvalue weighted by Gasteiger charge is -2.16. The summed E-state index contributed by atoms with van der Waals surface area (Å²) in [5.41, 5.74) is 0.0554. The van der Waals surface area contributed by atoms with E-state index in [1.165, 1.54) is 12.1 Å². The summed E-state index contributed by atoms with van der Waals surface area (Å²) in [5, 5.41) is 2.37. The zero-order valence-electron chi connectivity index (χ0n) is 11.3. The highest BCUT2D eigenvalue weighted by Crippen LogP contribution is 2.20. The van der Waals surface area contributed by atoms with Crippen molar-refractivity contribution in [3.8, 4) is 0 Å². The molecule has 0 radical (unpaired) electrons. The summed E-state index contributed by atoms with van der Waals surface area (Å²) in [6.45, 7) is -0.408. The Labute approximate surface area is 130 Å². The van der Waals surface area contributed by atoms with Crippen LogP contribution in [-0.4, -0.2) is 18.5 Å². The van der Waals surface area contributed by atoms with E-state index >= 15 is 0 Å². The van der Waals surface area contributed by atoms with Gasteiger partial charge in [0.25, 0.3) is 5.91 Å². The van der Waals surface area contributed by atoms with Crippen LogP contribution < -0.4 is 5.32 Å². The average molecular weight is 356 g/mol. The normalized spacial score (nSPS) is 17.3. The number of esters is 1. The van der Waals surface area contributed by atoms with Gasteiger partial charge >= 0.3 is 5.97 Å². The number of nitrogens with one attached hydrogen (secondary N) is 1. The second-order valence-electron chi connectivity index (χ2n) is 4.76. The Hall–Kier alpha value is -1.69. The molecular formula is C15H15BrFNO3. The van der Waals surface area contributed by atoms with Gasteiger partial charge in [-0.05, 0) is 37.5 Å². The maximum Gasteiger partial charge on any atom is 0.309 e. The Morgan fingerprint density at radius 1 is 1.38 bits per heavy atom. The third-order valence-electron chi connectivity index (χ3n) is 3.15. The Balaban J connectivity index is 1.81. The summed E-state index contributed by atoms with van der Waals surface area (Å²) in [6, 6.07) is 4.29. The lowest BCUT2D eigenvalue weighted by Crippen LogP contribution is -2.25. The zero-order chi connectivity index (χ0) is 15.2. The number of hydrogen-bond donors (Lipinski definition) is 1. The van der Waals surface area contributed by atoms with E-state index in [4.69, 9.17) is 4.74 Å². The van der Waals surface area contributed by atoms with Crippen molar-refractivity contribution in [3.63, 3.8) is 0 Å². The maximum absolute atomic E-state index is 13.5. The molecule has 0 spiro atoms. The Kier molecular flexibility index (Phi) is 5.50. The van der Waals surface area contributed by atoms with Gasteiger partial charge in [-0.15, -0.1) is 0 Å². The number of allylic oxidation sites excluding steroid dienone is 2. The monoisotopic (exact) mass is 355 g/mol. The van der Waals surface area contributed by atoms with E-state index in [1.54, 1.807) is 6.07 Å². The van der Waals surface area contributed by atoms with Gasteiger partial charge in [0.1, 0.15) is 5.82 Å². The molecule has 1 aromatic rings. The minimum absolute atomic E-state index is 0.0554. The smallest absolute Gasteiger partial charge is 0.309 e. The Bertz CT molecular complexity index is 574. The van der Waals surface area contributed by atoms with E-state index < -0.39 is 18.3 Å². The molecule has 1 N–H and O–H groups in total. The van der Waals surface area contributed by atoms with Crippen LogP contribution in [0.2, 0.25) is 0 Å². The first-order chi connectivity index (χ1) is 10.1. The minimum Gasteiger partial charge on any atom is -0.455 e. The Morgan fingerprint density at radius 3 is 2.86 bits per heavy atom. The first-order valence-electron chi connectivity index (χ1n) is 6.63. The minimum atomic E-state index is -0.559. The van der Waals surface area contributed by atoms with Crippen LogP contribution in [0.4, 0.5) is 10.1 Å². The average Bonchev–Trinajstić information content (AvgIpc) is 2.48. The van der Waals surface area contributed by atoms with E-state index in [-0.39, 0.29) is 17.6 Å². The molecule has 1 aromatic carbocycles. The van der Waals surface area contributed by atoms with Gasteiger partial charge in [-0.3, -0.25) is 9.59 Å². The molecule has 0 aromatic heterocycles. The van der Waals surface area contributed by atoms with Gasteiger partial charge in [0.2, 0.25) is 0 Å². The van der Waals surface area contributed by atoms with Gasteiger partial charge in [0, 0.05) is 4.47 Å². The van der Waals surface area contributed by atoms with Gasteiger partial charge in [0.15, 0.2) is 6.61 Å². The molecular weight excluding hydrogens is 341 g/mol. The molecule has 112 valence electrons. The molecule has 0 saturated heterocycles. The zero-order valence-corrected chi connectivity index (χ0v) is 12.9. The summed E-state index contributed by atoms with van der Waals surface area (Å²) in [7, 11) is 0. The van der Waals surface area contributed by atoms with Crippen molar-refractivity contribution in [2.24, 2.45) is 5.92 Å². The number of rotatable bonds is 4. The molecule has 0 unspecified atom stereocenters. The van der Waals surface area contributed by atoms with Crippen molar-refractivity contribution >= 4 is 33.5 Å². The van der Waals surface area contributed by atoms with Crippen LogP contribution in [0.5, 0.6) is 0 Å². The molecule has 21 heavy (non-hydrogen) atoms. The van der Waals surface area contributed by atoms with Gasteiger partial charge in [-0.25, -0.2) is 4.39 Å². The topological polar surface area (TPSA) is 55.4 Å². The van der Waals surface area contributed by atoms with Crippen molar-refractivity contribution < 1.29 is 18.7 Å². The second-order valence-corrected chi connectivity index (χ2v) is 5.68. The number of carbonyl (C=O) groups excluding carboxylic acids is 2. The van der Waals surface area contributed by atoms with Gasteiger partial charge in [-0.1, -0.05) is 28.1 Å². The number of halogens is 2. The van der Waals surface area contributed by atoms with E-state index in [0.29, 0.717) is 10.9 Å². The number of hydrogen-bond acceptors (Lipinski definition) is 3. The molecule has 6 heteroatoms. The summed E-state index contributed by atoms with van der Waals surface area (Å²) in [6.07, 6.45) is 6.18. The number of carbonyl (C=O) groups is 2. The summed E-state index contributed by atoms with van der Waals surface area (Å²) in [5.74, 6) is -1.68. The van der Waals surface area contributed by atoms with Gasteiger partial charge in [0.05, 0.1) is 11.6 Å². The number of amides is 1. The molecule has 1 atom stereocenters. The molecule has 0 fully saturated rings. The number of anilines is 1. The standard InChI is InChI=1S/C15H15BrFNO3/c16-11-6-7-13(12(17)8-11)18-14(19)9-21-15(20)10-4-2-1-3-5-10/h1-2,6-8,10H,3-5,9H2,(H,18,19)/t10-/m1/s1. The van der Waals surface area contributed by atoms with Crippen LogP contribution >= 0.6 is 15.9 Å². The van der Waals surface area contributed by atoms with E-state index in [9.17, 15) is 14.0 Å². The Morgan fingerprint density at radius 2 is 2.19 bits per heavy atom. The van der Waals surface area contributed by atoms with Gasteiger partial charge < -0.3 is 10.1 Å². The SMILES string of the molecule is O=C(COC(=O)[C@@H]1CC=CCC1)Nc1ccc(Br)cc1F. The quantitative estimate of drug-likeness (QED) is 0.664. The molecule has 0 bridgehead atoms. The largest absolute Gasteiger partial charge is 0.455 e. The third-order valence-corrected chi connectivity index (χ3v) is 3.65. The molecule has 4 nitrogen and oxygen atoms in total. The molecule has 0 saturated carbocycles. The van der Waals surface area contributed by atoms with Crippen molar-refractivity contribution in [3.05, 3.63) is 40.6 Å². The highest BCUT2D eigenvalue weighted by molar-refractivity contribution is 9.10. The fourth-order valence-corrected chi connectivity index (χ4v) is 2.37. The highest BCUT2D eigenvalue weighted by Gasteiger charge is 2.21. The van der Waals surface area contributed by atoms with Gasteiger partial charge in [-0.2, -0.15) is 0 Å². The third kappa shape index (κ3) is 4.67. The molecule has 2 rings (SSSR count). The van der Waals surface area contributed by atoms with Crippen molar-refractivity contribution in [1.82, 2.24) is 0 Å². The fraction of sp³-hybridized carbons (Fsp3) is 0.333. The fourth-order valence-electron chi connectivity index (χ4n) is 2.04. The highest BCUT2D eigenvalue weighted by atomic mass is 79.9. The van der Waals surface area contributed by atoms with Crippen LogP contribution in [0.25, 0.3) is 0 Å². The molecule has 1 amide bonds. The predicted molar refractivity (Wildman–Crippen MR) is 80.2 cm³/mol. The van der Waals surface area contributed by atoms with Crippen LogP contribution in [0.1, 0.15) is 19.3 Å². The van der Waals surface area contributed by atoms with Crippen LogP contribution in [0, 0.1) is 11.7 Å². The van der Waals surface area contributed by atoms with E-state index in [0.717, 1.165) is 12.8 Å². The summed E-state index contributed by atoms with van der Waals surface area (Å²) >= 11 is 3.13. The maximum atomic E-state index is 13.5. The molecule has 0 aliphatic heterocycles. The van der Waals surface area contributed by atoms with Crippen LogP contribution in [-0.2, 0) is 14.3 Å². The molecule has 0 heterocycles. The molecule has 1 aliphatic carbocycles. The van der Waals surface area contributed by atoms with Crippen molar-refractivity contribution in [1.29, 1.82) is 0 Å². The van der Waals surface area contributed by atoms with E-state index in [1.807, 2.05) is 12.2 Å². The lowest BCUT2D eigenvalue weighted by atomic mass is 9.95. The van der Waals surface area contributed by atoms with Crippen LogP contribution in [0.3, 0.4) is 0 Å².